The van der Waals surface area contributed by atoms with Crippen LogP contribution in [0.4, 0.5) is 0 Å². The smallest absolute Gasteiger partial charge is 0.369 e. The number of para-hydroxylation sites is 1. The molecule has 0 saturated heterocycles. The van der Waals surface area contributed by atoms with E-state index in [9.17, 15) is 9.59 Å². The molecule has 2 N–H and O–H groups in total. The zero-order valence-corrected chi connectivity index (χ0v) is 17.2. The van der Waals surface area contributed by atoms with Crippen molar-refractivity contribution >= 4 is 16.8 Å². The normalized spacial score (nSPS) is 10.6. The molecule has 0 radical (unpaired) electrons. The van der Waals surface area contributed by atoms with Crippen LogP contribution in [-0.2, 0) is 4.79 Å². The number of carbonyl (C=O) groups is 1. The highest BCUT2D eigenvalue weighted by Crippen LogP contribution is 2.17. The minimum absolute atomic E-state index is 0.251. The molecule has 1 heterocycles. The van der Waals surface area contributed by atoms with Crippen molar-refractivity contribution in [2.24, 2.45) is 0 Å². The van der Waals surface area contributed by atoms with Crippen molar-refractivity contribution in [3.63, 3.8) is 0 Å². The summed E-state index contributed by atoms with van der Waals surface area (Å²) in [5, 5.41) is 0.467. The van der Waals surface area contributed by atoms with Crippen LogP contribution >= 0.6 is 0 Å². The third kappa shape index (κ3) is 4.40. The number of aromatic amines is 1. The van der Waals surface area contributed by atoms with Crippen molar-refractivity contribution in [2.45, 2.75) is 6.92 Å². The lowest BCUT2D eigenvalue weighted by atomic mass is 10.1. The van der Waals surface area contributed by atoms with Crippen LogP contribution in [0.5, 0.6) is 11.5 Å². The Hall–Kier alpha value is -4.13. The van der Waals surface area contributed by atoms with Crippen LogP contribution in [0.25, 0.3) is 22.3 Å². The molecule has 0 saturated carbocycles. The third-order valence-electron chi connectivity index (χ3n) is 4.83. The van der Waals surface area contributed by atoms with E-state index in [1.807, 2.05) is 43.3 Å². The van der Waals surface area contributed by atoms with E-state index in [2.05, 4.69) is 10.4 Å². The Kier molecular flexibility index (Phi) is 5.66. The third-order valence-corrected chi connectivity index (χ3v) is 4.83. The lowest BCUT2D eigenvalue weighted by Crippen LogP contribution is -2.40. The number of methoxy groups -OCH3 is 1. The number of aryl methyl sites for hydroxylation is 1. The highest BCUT2D eigenvalue weighted by atomic mass is 16.5. The Bertz CT molecular complexity index is 1280. The second-order valence-corrected chi connectivity index (χ2v) is 7.02. The van der Waals surface area contributed by atoms with Crippen LogP contribution in [0.15, 0.2) is 77.6 Å². The van der Waals surface area contributed by atoms with Crippen molar-refractivity contribution in [1.82, 2.24) is 4.68 Å². The van der Waals surface area contributed by atoms with Crippen LogP contribution in [-0.4, -0.2) is 24.3 Å². The summed E-state index contributed by atoms with van der Waals surface area (Å²) in [5.41, 5.74) is 4.88. The van der Waals surface area contributed by atoms with Gasteiger partial charge in [-0.1, -0.05) is 34.5 Å². The van der Waals surface area contributed by atoms with E-state index in [4.69, 9.17) is 9.47 Å². The molecule has 0 aliphatic carbocycles. The molecule has 156 valence electrons. The first-order chi connectivity index (χ1) is 15.0. The maximum absolute atomic E-state index is 13.1. The summed E-state index contributed by atoms with van der Waals surface area (Å²) in [5.74, 6) is 1.22. The topological polar surface area (TPSA) is 83.7 Å². The summed E-state index contributed by atoms with van der Waals surface area (Å²) in [7, 11) is 1.58. The fourth-order valence-corrected chi connectivity index (χ4v) is 3.18. The Morgan fingerprint density at radius 1 is 0.968 bits per heavy atom. The van der Waals surface area contributed by atoms with E-state index in [-0.39, 0.29) is 12.2 Å². The molecule has 0 bridgehead atoms. The largest absolute Gasteiger partial charge is 0.497 e. The molecule has 1 aromatic heterocycles. The maximum atomic E-state index is 13.1. The van der Waals surface area contributed by atoms with Crippen molar-refractivity contribution in [1.29, 1.82) is 0 Å². The molecule has 7 heteroatoms. The lowest BCUT2D eigenvalue weighted by molar-refractivity contribution is -0.337. The fourth-order valence-electron chi connectivity index (χ4n) is 3.18. The monoisotopic (exact) mass is 416 g/mol. The van der Waals surface area contributed by atoms with Gasteiger partial charge in [0.25, 0.3) is 5.91 Å². The molecule has 1 amide bonds. The Labute approximate surface area is 178 Å². The Balaban J connectivity index is 1.64. The molecule has 0 spiro atoms. The van der Waals surface area contributed by atoms with E-state index in [0.717, 1.165) is 11.1 Å². The number of aromatic nitrogens is 2. The van der Waals surface area contributed by atoms with E-state index in [1.165, 1.54) is 4.68 Å². The van der Waals surface area contributed by atoms with Crippen LogP contribution in [0.3, 0.4) is 0 Å². The molecule has 3 aromatic carbocycles. The van der Waals surface area contributed by atoms with Gasteiger partial charge in [-0.2, -0.15) is 5.43 Å². The summed E-state index contributed by atoms with van der Waals surface area (Å²) in [6.45, 7) is 1.73. The SMILES string of the molecule is COc1ccc(OCC(=O)Nn2c(-c3ccc(C)cc3)[nH+]c3ccccc3c2=O)cc1. The molecular formula is C24H22N3O4+. The van der Waals surface area contributed by atoms with Gasteiger partial charge in [-0.15, -0.1) is 0 Å². The molecule has 31 heavy (non-hydrogen) atoms. The summed E-state index contributed by atoms with van der Waals surface area (Å²) < 4.78 is 11.9. The van der Waals surface area contributed by atoms with Crippen molar-refractivity contribution < 1.29 is 19.3 Å². The standard InChI is InChI=1S/C24H21N3O4/c1-16-7-9-17(10-8-16)23-25-21-6-4-3-5-20(21)24(29)27(23)26-22(28)15-31-19-13-11-18(30-2)12-14-19/h3-14H,15H2,1-2H3,(H,26,28)/p+1. The number of rotatable bonds is 6. The number of amides is 1. The van der Waals surface area contributed by atoms with Crippen LogP contribution < -0.4 is 25.4 Å². The number of hydrogen-bond donors (Lipinski definition) is 1. The minimum atomic E-state index is -0.463. The average molecular weight is 416 g/mol. The van der Waals surface area contributed by atoms with Crippen LogP contribution in [0, 0.1) is 6.92 Å². The zero-order valence-electron chi connectivity index (χ0n) is 17.2. The summed E-state index contributed by atoms with van der Waals surface area (Å²) in [6, 6.07) is 21.7. The van der Waals surface area contributed by atoms with Crippen molar-refractivity contribution in [3.8, 4) is 22.9 Å². The number of nitrogens with one attached hydrogen (secondary N) is 2. The first-order valence-electron chi connectivity index (χ1n) is 9.76. The van der Waals surface area contributed by atoms with Gasteiger partial charge in [0.2, 0.25) is 0 Å². The fraction of sp³-hybridized carbons (Fsp3) is 0.125. The zero-order chi connectivity index (χ0) is 21.8. The van der Waals surface area contributed by atoms with Gasteiger partial charge in [-0.05, 0) is 55.5 Å². The highest BCUT2D eigenvalue weighted by molar-refractivity contribution is 5.86. The van der Waals surface area contributed by atoms with Crippen molar-refractivity contribution in [3.05, 3.63) is 88.7 Å². The van der Waals surface area contributed by atoms with Crippen molar-refractivity contribution in [2.75, 3.05) is 19.1 Å². The first-order valence-corrected chi connectivity index (χ1v) is 9.76. The van der Waals surface area contributed by atoms with Gasteiger partial charge in [-0.3, -0.25) is 4.79 Å². The lowest BCUT2D eigenvalue weighted by Gasteiger charge is -2.09. The van der Waals surface area contributed by atoms with Gasteiger partial charge in [0.1, 0.15) is 22.4 Å². The molecule has 7 nitrogen and oxygen atoms in total. The number of benzene rings is 3. The number of H-pyrrole nitrogens is 1. The van der Waals surface area contributed by atoms with E-state index in [1.54, 1.807) is 43.5 Å². The van der Waals surface area contributed by atoms with E-state index in [0.29, 0.717) is 28.2 Å². The van der Waals surface area contributed by atoms with Gasteiger partial charge in [0, 0.05) is 0 Å². The Morgan fingerprint density at radius 2 is 1.65 bits per heavy atom. The second-order valence-electron chi connectivity index (χ2n) is 7.02. The highest BCUT2D eigenvalue weighted by Gasteiger charge is 2.22. The van der Waals surface area contributed by atoms with Gasteiger partial charge in [0.15, 0.2) is 6.61 Å². The molecule has 0 atom stereocenters. The van der Waals surface area contributed by atoms with Gasteiger partial charge in [-0.25, -0.2) is 9.78 Å². The number of fused-ring (bicyclic) bond motifs is 1. The molecule has 0 aliphatic heterocycles. The minimum Gasteiger partial charge on any atom is -0.497 e. The number of carbonyl (C=O) groups excluding carboxylic acids is 1. The second kappa shape index (κ2) is 8.71. The number of ether oxygens (including phenoxy) is 2. The number of nitrogens with zero attached hydrogens (tertiary/aromatic N) is 1. The maximum Gasteiger partial charge on any atom is 0.369 e. The Morgan fingerprint density at radius 3 is 2.35 bits per heavy atom. The quantitative estimate of drug-likeness (QED) is 0.524. The predicted molar refractivity (Wildman–Crippen MR) is 118 cm³/mol. The molecule has 4 aromatic rings. The molecule has 0 fully saturated rings. The molecule has 0 aliphatic rings. The van der Waals surface area contributed by atoms with E-state index >= 15 is 0 Å². The molecular weight excluding hydrogens is 394 g/mol. The van der Waals surface area contributed by atoms with Crippen LogP contribution in [0.2, 0.25) is 0 Å². The molecule has 4 rings (SSSR count). The average Bonchev–Trinajstić information content (AvgIpc) is 2.80. The van der Waals surface area contributed by atoms with Gasteiger partial charge < -0.3 is 9.47 Å². The van der Waals surface area contributed by atoms with Gasteiger partial charge in [0.05, 0.1) is 12.7 Å². The molecule has 0 unspecified atom stereocenters. The summed E-state index contributed by atoms with van der Waals surface area (Å²) >= 11 is 0. The predicted octanol–water partition coefficient (Wildman–Crippen LogP) is 2.95. The summed E-state index contributed by atoms with van der Waals surface area (Å²) in [4.78, 5) is 29.0. The van der Waals surface area contributed by atoms with Crippen LogP contribution in [0.1, 0.15) is 5.56 Å². The summed E-state index contributed by atoms with van der Waals surface area (Å²) in [6.07, 6.45) is 0. The first kappa shape index (κ1) is 20.2. The van der Waals surface area contributed by atoms with Gasteiger partial charge >= 0.3 is 11.4 Å². The van der Waals surface area contributed by atoms with E-state index < -0.39 is 5.91 Å². The number of hydrogen-bond acceptors (Lipinski definition) is 4.